The van der Waals surface area contributed by atoms with Gasteiger partial charge in [-0.25, -0.2) is 4.98 Å². The molecule has 1 aromatic heterocycles. The van der Waals surface area contributed by atoms with Gasteiger partial charge in [0.2, 0.25) is 0 Å². The number of pyridine rings is 1. The number of rotatable bonds is 3. The fraction of sp³-hybridized carbons (Fsp3) is 0.0357. The van der Waals surface area contributed by atoms with Crippen LogP contribution in [0.15, 0.2) is 97.1 Å². The average molecular weight is 504 g/mol. The van der Waals surface area contributed by atoms with Gasteiger partial charge in [0.25, 0.3) is 0 Å². The molecule has 0 aliphatic rings. The van der Waals surface area contributed by atoms with Crippen LogP contribution in [-0.4, -0.2) is 18.9 Å². The van der Waals surface area contributed by atoms with Crippen molar-refractivity contribution in [3.63, 3.8) is 0 Å². The first-order valence-corrected chi connectivity index (χ1v) is 12.4. The van der Waals surface area contributed by atoms with Gasteiger partial charge in [-0.05, 0) is 51.9 Å². The van der Waals surface area contributed by atoms with E-state index < -0.39 is 21.4 Å². The molecular formula is C28H16F3NO3S. The van der Waals surface area contributed by atoms with Crippen LogP contribution in [0.4, 0.5) is 13.2 Å². The minimum Gasteiger partial charge on any atom is -0.376 e. The molecule has 8 heteroatoms. The van der Waals surface area contributed by atoms with E-state index in [1.807, 2.05) is 66.7 Å². The Morgan fingerprint density at radius 3 is 2.17 bits per heavy atom. The van der Waals surface area contributed by atoms with Crippen molar-refractivity contribution in [2.45, 2.75) is 5.51 Å². The maximum absolute atomic E-state index is 12.8. The van der Waals surface area contributed by atoms with Gasteiger partial charge in [0.05, 0.1) is 11.2 Å². The summed E-state index contributed by atoms with van der Waals surface area (Å²) in [6, 6.07) is 29.5. The van der Waals surface area contributed by atoms with Crippen LogP contribution < -0.4 is 4.18 Å². The molecule has 178 valence electrons. The van der Waals surface area contributed by atoms with E-state index in [0.717, 1.165) is 49.1 Å². The van der Waals surface area contributed by atoms with Gasteiger partial charge in [0, 0.05) is 21.7 Å². The Hall–Kier alpha value is -4.17. The van der Waals surface area contributed by atoms with Crippen LogP contribution in [0.1, 0.15) is 0 Å². The Bertz CT molecular complexity index is 1930. The standard InChI is InChI=1S/C28H16F3NO3S/c29-28(30,31)36(33,34)35-21-12-14-22-19(16-21)11-13-24-26(22)23-7-3-4-8-25(23)32-27(24)20-10-9-17-5-1-2-6-18(17)15-20/h1-16H. The normalized spacial score (nSPS) is 12.5. The zero-order valence-corrected chi connectivity index (χ0v) is 19.3. The fourth-order valence-electron chi connectivity index (χ4n) is 4.54. The molecule has 0 aliphatic heterocycles. The lowest BCUT2D eigenvalue weighted by molar-refractivity contribution is -0.0500. The molecule has 0 fully saturated rings. The summed E-state index contributed by atoms with van der Waals surface area (Å²) in [5.41, 5.74) is -3.04. The van der Waals surface area contributed by atoms with Crippen molar-refractivity contribution in [3.8, 4) is 17.0 Å². The first-order chi connectivity index (χ1) is 17.2. The highest BCUT2D eigenvalue weighted by molar-refractivity contribution is 7.88. The lowest BCUT2D eigenvalue weighted by Gasteiger charge is -2.14. The summed E-state index contributed by atoms with van der Waals surface area (Å²) in [5.74, 6) is -0.410. The van der Waals surface area contributed by atoms with Crippen molar-refractivity contribution in [1.82, 2.24) is 4.98 Å². The number of hydrogen-bond donors (Lipinski definition) is 0. The van der Waals surface area contributed by atoms with Gasteiger partial charge in [-0.15, -0.1) is 0 Å². The molecule has 4 nitrogen and oxygen atoms in total. The molecule has 0 N–H and O–H groups in total. The summed E-state index contributed by atoms with van der Waals surface area (Å²) >= 11 is 0. The average Bonchev–Trinajstić information content (AvgIpc) is 2.86. The monoisotopic (exact) mass is 503 g/mol. The summed E-state index contributed by atoms with van der Waals surface area (Å²) in [6.07, 6.45) is 0. The van der Waals surface area contributed by atoms with E-state index in [2.05, 4.69) is 10.2 Å². The van der Waals surface area contributed by atoms with Crippen LogP contribution in [0.25, 0.3) is 54.5 Å². The molecule has 0 saturated heterocycles. The first-order valence-electron chi connectivity index (χ1n) is 11.0. The van der Waals surface area contributed by atoms with Crippen LogP contribution in [0.5, 0.6) is 5.75 Å². The second-order valence-corrected chi connectivity index (χ2v) is 9.93. The maximum atomic E-state index is 12.8. The summed E-state index contributed by atoms with van der Waals surface area (Å²) in [6.45, 7) is 0. The van der Waals surface area contributed by atoms with Crippen molar-refractivity contribution in [3.05, 3.63) is 97.1 Å². The highest BCUT2D eigenvalue weighted by Gasteiger charge is 2.48. The summed E-state index contributed by atoms with van der Waals surface area (Å²) in [5, 5.41) is 6.08. The van der Waals surface area contributed by atoms with E-state index in [0.29, 0.717) is 5.39 Å². The second kappa shape index (κ2) is 7.93. The predicted molar refractivity (Wildman–Crippen MR) is 135 cm³/mol. The molecule has 0 amide bonds. The summed E-state index contributed by atoms with van der Waals surface area (Å²) in [7, 11) is -5.77. The minimum absolute atomic E-state index is 0.410. The minimum atomic E-state index is -5.77. The van der Waals surface area contributed by atoms with Gasteiger partial charge in [-0.3, -0.25) is 0 Å². The van der Waals surface area contributed by atoms with Crippen LogP contribution in [-0.2, 0) is 10.1 Å². The molecular weight excluding hydrogens is 487 g/mol. The SMILES string of the molecule is O=S(=O)(Oc1ccc2c(ccc3c(-c4ccc5ccccc5c4)nc4ccccc4c32)c1)C(F)(F)F. The Balaban J connectivity index is 1.61. The third-order valence-corrected chi connectivity index (χ3v) is 7.14. The molecule has 0 radical (unpaired) electrons. The molecule has 36 heavy (non-hydrogen) atoms. The van der Waals surface area contributed by atoms with Gasteiger partial charge < -0.3 is 4.18 Å². The molecule has 0 saturated carbocycles. The number of aromatic nitrogens is 1. The van der Waals surface area contributed by atoms with Crippen molar-refractivity contribution in [2.75, 3.05) is 0 Å². The van der Waals surface area contributed by atoms with E-state index in [1.165, 1.54) is 12.1 Å². The third-order valence-electron chi connectivity index (χ3n) is 6.16. The molecule has 0 bridgehead atoms. The molecule has 0 aliphatic carbocycles. The van der Waals surface area contributed by atoms with Crippen molar-refractivity contribution < 1.29 is 25.8 Å². The molecule has 5 aromatic carbocycles. The molecule has 0 spiro atoms. The number of alkyl halides is 3. The van der Waals surface area contributed by atoms with Gasteiger partial charge in [0.15, 0.2) is 0 Å². The molecule has 6 aromatic rings. The van der Waals surface area contributed by atoms with Crippen LogP contribution >= 0.6 is 0 Å². The predicted octanol–water partition coefficient (Wildman–Crippen LogP) is 7.59. The molecule has 0 atom stereocenters. The van der Waals surface area contributed by atoms with Gasteiger partial charge >= 0.3 is 15.6 Å². The number of para-hydroxylation sites is 1. The zero-order chi connectivity index (χ0) is 25.1. The summed E-state index contributed by atoms with van der Waals surface area (Å²) < 4.78 is 65.7. The van der Waals surface area contributed by atoms with Crippen LogP contribution in [0.2, 0.25) is 0 Å². The number of halogens is 3. The lowest BCUT2D eigenvalue weighted by Crippen LogP contribution is -2.28. The van der Waals surface area contributed by atoms with E-state index >= 15 is 0 Å². The lowest BCUT2D eigenvalue weighted by atomic mass is 9.94. The highest BCUT2D eigenvalue weighted by atomic mass is 32.2. The topological polar surface area (TPSA) is 56.3 Å². The largest absolute Gasteiger partial charge is 0.534 e. The molecule has 0 unspecified atom stereocenters. The quantitative estimate of drug-likeness (QED) is 0.142. The van der Waals surface area contributed by atoms with Crippen molar-refractivity contribution in [2.24, 2.45) is 0 Å². The maximum Gasteiger partial charge on any atom is 0.534 e. The van der Waals surface area contributed by atoms with Gasteiger partial charge in [-0.2, -0.15) is 21.6 Å². The van der Waals surface area contributed by atoms with Gasteiger partial charge in [0.1, 0.15) is 5.75 Å². The molecule has 6 rings (SSSR count). The smallest absolute Gasteiger partial charge is 0.376 e. The third kappa shape index (κ3) is 3.61. The Labute approximate surface area is 203 Å². The van der Waals surface area contributed by atoms with Gasteiger partial charge in [-0.1, -0.05) is 66.7 Å². The van der Waals surface area contributed by atoms with Crippen molar-refractivity contribution in [1.29, 1.82) is 0 Å². The zero-order valence-electron chi connectivity index (χ0n) is 18.5. The highest BCUT2D eigenvalue weighted by Crippen LogP contribution is 2.39. The number of benzene rings is 5. The van der Waals surface area contributed by atoms with Crippen molar-refractivity contribution >= 4 is 53.3 Å². The number of hydrogen-bond acceptors (Lipinski definition) is 4. The van der Waals surface area contributed by atoms with E-state index in [-0.39, 0.29) is 0 Å². The van der Waals surface area contributed by atoms with E-state index in [9.17, 15) is 21.6 Å². The molecule has 1 heterocycles. The number of fused-ring (bicyclic) bond motifs is 6. The fourth-order valence-corrected chi connectivity index (χ4v) is 4.99. The second-order valence-electron chi connectivity index (χ2n) is 8.39. The van der Waals surface area contributed by atoms with Crippen LogP contribution in [0, 0.1) is 0 Å². The number of nitrogens with zero attached hydrogens (tertiary/aromatic N) is 1. The van der Waals surface area contributed by atoms with Crippen LogP contribution in [0.3, 0.4) is 0 Å². The Morgan fingerprint density at radius 1 is 0.667 bits per heavy atom. The summed E-state index contributed by atoms with van der Waals surface area (Å²) in [4.78, 5) is 4.95. The Kier molecular flexibility index (Phi) is 4.91. The van der Waals surface area contributed by atoms with E-state index in [4.69, 9.17) is 4.98 Å². The van der Waals surface area contributed by atoms with E-state index in [1.54, 1.807) is 12.1 Å². The Morgan fingerprint density at radius 2 is 1.36 bits per heavy atom. The first kappa shape index (κ1) is 22.3.